The second kappa shape index (κ2) is 5.83. The minimum atomic E-state index is 0.101. The van der Waals surface area contributed by atoms with Crippen molar-refractivity contribution in [2.75, 3.05) is 5.32 Å². The van der Waals surface area contributed by atoms with Crippen molar-refractivity contribution in [3.05, 3.63) is 54.5 Å². The van der Waals surface area contributed by atoms with Gasteiger partial charge in [0, 0.05) is 18.3 Å². The fraction of sp³-hybridized carbons (Fsp3) is 0.278. The van der Waals surface area contributed by atoms with E-state index in [9.17, 15) is 4.79 Å². The summed E-state index contributed by atoms with van der Waals surface area (Å²) in [5.74, 6) is 1.66. The highest BCUT2D eigenvalue weighted by Crippen LogP contribution is 2.31. The quantitative estimate of drug-likeness (QED) is 0.744. The lowest BCUT2D eigenvalue weighted by Crippen LogP contribution is -2.13. The Hall–Kier alpha value is -2.69. The van der Waals surface area contributed by atoms with Crippen LogP contribution >= 0.6 is 0 Å². The first-order valence-electron chi connectivity index (χ1n) is 8.02. The molecule has 3 aromatic rings. The zero-order valence-electron chi connectivity index (χ0n) is 12.8. The van der Waals surface area contributed by atoms with Crippen LogP contribution < -0.4 is 5.32 Å². The Balaban J connectivity index is 1.79. The van der Waals surface area contributed by atoms with Crippen LogP contribution in [-0.4, -0.2) is 20.2 Å². The highest BCUT2D eigenvalue weighted by molar-refractivity contribution is 6.02. The number of fused-ring (bicyclic) bond motifs is 1. The Labute approximate surface area is 134 Å². The van der Waals surface area contributed by atoms with E-state index in [0.29, 0.717) is 17.3 Å². The van der Waals surface area contributed by atoms with Gasteiger partial charge in [0.2, 0.25) is 0 Å². The van der Waals surface area contributed by atoms with Crippen LogP contribution in [-0.2, 0) is 0 Å². The number of anilines is 2. The van der Waals surface area contributed by atoms with Gasteiger partial charge in [0.15, 0.2) is 5.78 Å². The number of hydrogen-bond donors (Lipinski definition) is 1. The van der Waals surface area contributed by atoms with Crippen LogP contribution in [0.4, 0.5) is 11.6 Å². The van der Waals surface area contributed by atoms with Gasteiger partial charge >= 0.3 is 0 Å². The van der Waals surface area contributed by atoms with Gasteiger partial charge in [-0.25, -0.2) is 9.97 Å². The number of nitrogens with one attached hydrogen (secondary N) is 1. The third kappa shape index (κ3) is 2.59. The maximum atomic E-state index is 12.9. The first kappa shape index (κ1) is 13.9. The summed E-state index contributed by atoms with van der Waals surface area (Å²) in [6.07, 6.45) is 7.84. The average molecular weight is 306 g/mol. The molecule has 116 valence electrons. The molecule has 1 N–H and O–H groups in total. The Morgan fingerprint density at radius 2 is 1.96 bits per heavy atom. The Morgan fingerprint density at radius 3 is 2.74 bits per heavy atom. The lowest BCUT2D eigenvalue weighted by Gasteiger charge is -2.10. The number of carbonyl (C=O) groups excluding carboxylic acids is 1. The standard InChI is InChI=1S/C18H18N4O/c23-17(13-7-1-2-8-13)16-18(20-14-9-3-5-11-19-14)22-12-6-4-10-15(22)21-16/h3-6,9-13H,1-2,7-8H2,(H,19,20). The van der Waals surface area contributed by atoms with Gasteiger partial charge < -0.3 is 5.32 Å². The van der Waals surface area contributed by atoms with E-state index in [2.05, 4.69) is 15.3 Å². The van der Waals surface area contributed by atoms with Crippen LogP contribution in [0.5, 0.6) is 0 Å². The van der Waals surface area contributed by atoms with Crippen molar-refractivity contribution in [3.8, 4) is 0 Å². The summed E-state index contributed by atoms with van der Waals surface area (Å²) in [6.45, 7) is 0. The topological polar surface area (TPSA) is 59.3 Å². The van der Waals surface area contributed by atoms with E-state index in [1.54, 1.807) is 6.20 Å². The lowest BCUT2D eigenvalue weighted by atomic mass is 10.00. The van der Waals surface area contributed by atoms with Crippen molar-refractivity contribution in [3.63, 3.8) is 0 Å². The number of aromatic nitrogens is 3. The second-order valence-electron chi connectivity index (χ2n) is 5.92. The maximum absolute atomic E-state index is 12.9. The van der Waals surface area contributed by atoms with Gasteiger partial charge in [-0.15, -0.1) is 0 Å². The normalized spacial score (nSPS) is 15.1. The molecule has 0 bridgehead atoms. The third-order valence-electron chi connectivity index (χ3n) is 4.40. The number of Topliss-reactive ketones (excluding diaryl/α,β-unsaturated/α-hetero) is 1. The molecule has 0 aromatic carbocycles. The predicted molar refractivity (Wildman–Crippen MR) is 89.0 cm³/mol. The molecule has 1 aliphatic carbocycles. The molecule has 0 saturated heterocycles. The number of ketones is 1. The van der Waals surface area contributed by atoms with Crippen molar-refractivity contribution in [1.29, 1.82) is 0 Å². The van der Waals surface area contributed by atoms with Gasteiger partial charge in [0.1, 0.15) is 23.0 Å². The van der Waals surface area contributed by atoms with Gasteiger partial charge in [-0.2, -0.15) is 0 Å². The second-order valence-corrected chi connectivity index (χ2v) is 5.92. The number of hydrogen-bond acceptors (Lipinski definition) is 4. The summed E-state index contributed by atoms with van der Waals surface area (Å²) in [6, 6.07) is 11.4. The van der Waals surface area contributed by atoms with Crippen LogP contribution in [0.2, 0.25) is 0 Å². The van der Waals surface area contributed by atoms with Gasteiger partial charge in [-0.3, -0.25) is 9.20 Å². The summed E-state index contributed by atoms with van der Waals surface area (Å²) in [4.78, 5) is 21.8. The van der Waals surface area contributed by atoms with E-state index >= 15 is 0 Å². The third-order valence-corrected chi connectivity index (χ3v) is 4.40. The van der Waals surface area contributed by atoms with Crippen LogP contribution in [0.3, 0.4) is 0 Å². The minimum absolute atomic E-state index is 0.101. The summed E-state index contributed by atoms with van der Waals surface area (Å²) in [5, 5.41) is 3.27. The number of imidazole rings is 1. The van der Waals surface area contributed by atoms with Gasteiger partial charge in [-0.1, -0.05) is 25.0 Å². The highest BCUT2D eigenvalue weighted by atomic mass is 16.1. The molecule has 3 aromatic heterocycles. The van der Waals surface area contributed by atoms with E-state index < -0.39 is 0 Å². The molecule has 0 amide bonds. The zero-order chi connectivity index (χ0) is 15.6. The molecule has 0 spiro atoms. The summed E-state index contributed by atoms with van der Waals surface area (Å²) >= 11 is 0. The van der Waals surface area contributed by atoms with E-state index in [1.165, 1.54) is 0 Å². The molecule has 1 saturated carbocycles. The summed E-state index contributed by atoms with van der Waals surface area (Å²) in [7, 11) is 0. The molecule has 0 radical (unpaired) electrons. The number of rotatable bonds is 4. The SMILES string of the molecule is O=C(c1nc2ccccn2c1Nc1ccccn1)C1CCCC1. The van der Waals surface area contributed by atoms with E-state index in [-0.39, 0.29) is 11.7 Å². The minimum Gasteiger partial charge on any atom is -0.324 e. The number of nitrogens with zero attached hydrogens (tertiary/aromatic N) is 3. The van der Waals surface area contributed by atoms with Crippen molar-refractivity contribution in [1.82, 2.24) is 14.4 Å². The van der Waals surface area contributed by atoms with Gasteiger partial charge in [0.05, 0.1) is 0 Å². The molecule has 5 nitrogen and oxygen atoms in total. The van der Waals surface area contributed by atoms with Crippen LogP contribution in [0, 0.1) is 5.92 Å². The first-order chi connectivity index (χ1) is 11.3. The maximum Gasteiger partial charge on any atom is 0.188 e. The predicted octanol–water partition coefficient (Wildman–Crippen LogP) is 3.85. The molecule has 0 atom stereocenters. The Morgan fingerprint density at radius 1 is 1.13 bits per heavy atom. The molecule has 0 aliphatic heterocycles. The van der Waals surface area contributed by atoms with Crippen molar-refractivity contribution in [2.24, 2.45) is 5.92 Å². The number of carbonyl (C=O) groups is 1. The number of pyridine rings is 2. The van der Waals surface area contributed by atoms with Gasteiger partial charge in [-0.05, 0) is 37.1 Å². The molecule has 1 fully saturated rings. The summed E-state index contributed by atoms with van der Waals surface area (Å²) in [5.41, 5.74) is 1.29. The Kier molecular flexibility index (Phi) is 3.54. The largest absolute Gasteiger partial charge is 0.324 e. The van der Waals surface area contributed by atoms with Crippen molar-refractivity contribution < 1.29 is 4.79 Å². The smallest absolute Gasteiger partial charge is 0.188 e. The first-order valence-corrected chi connectivity index (χ1v) is 8.02. The van der Waals surface area contributed by atoms with E-state index in [0.717, 1.165) is 31.3 Å². The van der Waals surface area contributed by atoms with Crippen LogP contribution in [0.15, 0.2) is 48.8 Å². The van der Waals surface area contributed by atoms with Gasteiger partial charge in [0.25, 0.3) is 0 Å². The molecular weight excluding hydrogens is 288 g/mol. The Bertz CT molecular complexity index is 835. The monoisotopic (exact) mass is 306 g/mol. The molecule has 5 heteroatoms. The molecule has 3 heterocycles. The molecule has 0 unspecified atom stereocenters. The lowest BCUT2D eigenvalue weighted by molar-refractivity contribution is 0.0919. The van der Waals surface area contributed by atoms with Crippen LogP contribution in [0.25, 0.3) is 5.65 Å². The molecule has 23 heavy (non-hydrogen) atoms. The van der Waals surface area contributed by atoms with E-state index in [4.69, 9.17) is 0 Å². The fourth-order valence-corrected chi connectivity index (χ4v) is 3.23. The molecule has 1 aliphatic rings. The zero-order valence-corrected chi connectivity index (χ0v) is 12.8. The average Bonchev–Trinajstić information content (AvgIpc) is 3.24. The van der Waals surface area contributed by atoms with E-state index in [1.807, 2.05) is 47.0 Å². The van der Waals surface area contributed by atoms with Crippen molar-refractivity contribution in [2.45, 2.75) is 25.7 Å². The highest BCUT2D eigenvalue weighted by Gasteiger charge is 2.28. The van der Waals surface area contributed by atoms with Crippen LogP contribution in [0.1, 0.15) is 36.2 Å². The summed E-state index contributed by atoms with van der Waals surface area (Å²) < 4.78 is 1.91. The van der Waals surface area contributed by atoms with Crippen molar-refractivity contribution >= 4 is 23.1 Å². The molecular formula is C18H18N4O. The molecule has 4 rings (SSSR count). The fourth-order valence-electron chi connectivity index (χ4n) is 3.23.